The molecule has 0 spiro atoms. The summed E-state index contributed by atoms with van der Waals surface area (Å²) in [6.45, 7) is 0. The number of nitro groups is 1. The van der Waals surface area contributed by atoms with Crippen molar-refractivity contribution in [2.45, 2.75) is 5.03 Å². The van der Waals surface area contributed by atoms with Crippen LogP contribution in [0.4, 0.5) is 5.69 Å². The van der Waals surface area contributed by atoms with Crippen molar-refractivity contribution in [2.75, 3.05) is 11.6 Å². The molecule has 0 amide bonds. The molecule has 0 aliphatic carbocycles. The lowest BCUT2D eigenvalue weighted by molar-refractivity contribution is -0.385. The van der Waals surface area contributed by atoms with Crippen molar-refractivity contribution < 1.29 is 4.92 Å². The van der Waals surface area contributed by atoms with Gasteiger partial charge >= 0.3 is 0 Å². The number of alkyl halides is 1. The molecule has 0 N–H and O–H groups in total. The molecule has 76 valence electrons. The van der Waals surface area contributed by atoms with Gasteiger partial charge in [-0.25, -0.2) is 4.98 Å². The molecule has 1 rings (SSSR count). The summed E-state index contributed by atoms with van der Waals surface area (Å²) in [5.74, 6) is 1.25. The summed E-state index contributed by atoms with van der Waals surface area (Å²) in [6.07, 6.45) is 1.24. The SMILES string of the molecule is O=[N+]([O-])c1cnc(SCCCl)c(Br)c1. The molecule has 14 heavy (non-hydrogen) atoms. The van der Waals surface area contributed by atoms with Crippen LogP contribution in [0.1, 0.15) is 0 Å². The molecule has 0 saturated heterocycles. The lowest BCUT2D eigenvalue weighted by Gasteiger charge is -2.00. The van der Waals surface area contributed by atoms with Gasteiger partial charge in [0.25, 0.3) is 5.69 Å². The Hall–Kier alpha value is -0.330. The summed E-state index contributed by atoms with van der Waals surface area (Å²) in [5, 5.41) is 11.1. The summed E-state index contributed by atoms with van der Waals surface area (Å²) in [4.78, 5) is 13.9. The van der Waals surface area contributed by atoms with Crippen molar-refractivity contribution >= 4 is 45.0 Å². The summed E-state index contributed by atoms with van der Waals surface area (Å²) < 4.78 is 0.627. The minimum atomic E-state index is -0.478. The molecular formula is C7H6BrClN2O2S. The minimum Gasteiger partial charge on any atom is -0.258 e. The third-order valence-electron chi connectivity index (χ3n) is 1.32. The molecule has 0 fully saturated rings. The predicted molar refractivity (Wildman–Crippen MR) is 60.0 cm³/mol. The molecule has 0 saturated carbocycles. The Balaban J connectivity index is 2.84. The minimum absolute atomic E-state index is 0.0212. The van der Waals surface area contributed by atoms with E-state index < -0.39 is 4.92 Å². The van der Waals surface area contributed by atoms with Crippen molar-refractivity contribution in [3.8, 4) is 0 Å². The second kappa shape index (κ2) is 5.53. The third-order valence-corrected chi connectivity index (χ3v) is 3.61. The van der Waals surface area contributed by atoms with Crippen LogP contribution in [0.2, 0.25) is 0 Å². The van der Waals surface area contributed by atoms with E-state index in [0.29, 0.717) is 10.4 Å². The van der Waals surface area contributed by atoms with E-state index in [9.17, 15) is 10.1 Å². The number of thioether (sulfide) groups is 1. The molecule has 0 aromatic carbocycles. The van der Waals surface area contributed by atoms with Crippen LogP contribution in [0.25, 0.3) is 0 Å². The van der Waals surface area contributed by atoms with Crippen molar-refractivity contribution in [1.29, 1.82) is 0 Å². The Labute approximate surface area is 98.3 Å². The first kappa shape index (κ1) is 11.7. The highest BCUT2D eigenvalue weighted by molar-refractivity contribution is 9.10. The summed E-state index contributed by atoms with van der Waals surface area (Å²) in [7, 11) is 0. The normalized spacial score (nSPS) is 10.1. The average molecular weight is 298 g/mol. The Morgan fingerprint density at radius 1 is 1.71 bits per heavy atom. The molecule has 1 heterocycles. The largest absolute Gasteiger partial charge is 0.288 e. The highest BCUT2D eigenvalue weighted by Crippen LogP contribution is 2.28. The Morgan fingerprint density at radius 2 is 2.43 bits per heavy atom. The van der Waals surface area contributed by atoms with Crippen LogP contribution in [0.5, 0.6) is 0 Å². The van der Waals surface area contributed by atoms with E-state index in [1.54, 1.807) is 0 Å². The van der Waals surface area contributed by atoms with Crippen LogP contribution in [-0.4, -0.2) is 21.5 Å². The van der Waals surface area contributed by atoms with Gasteiger partial charge in [-0.15, -0.1) is 23.4 Å². The van der Waals surface area contributed by atoms with Crippen molar-refractivity contribution in [2.24, 2.45) is 0 Å². The van der Waals surface area contributed by atoms with E-state index >= 15 is 0 Å². The molecule has 0 bridgehead atoms. The van der Waals surface area contributed by atoms with Crippen molar-refractivity contribution in [3.63, 3.8) is 0 Å². The quantitative estimate of drug-likeness (QED) is 0.371. The van der Waals surface area contributed by atoms with Crippen LogP contribution in [-0.2, 0) is 0 Å². The maximum atomic E-state index is 10.4. The summed E-state index contributed by atoms with van der Waals surface area (Å²) in [6, 6.07) is 1.43. The van der Waals surface area contributed by atoms with E-state index in [1.807, 2.05) is 0 Å². The van der Waals surface area contributed by atoms with Gasteiger partial charge in [-0.3, -0.25) is 10.1 Å². The number of rotatable bonds is 4. The molecule has 0 aliphatic heterocycles. The van der Waals surface area contributed by atoms with E-state index in [1.165, 1.54) is 24.0 Å². The monoisotopic (exact) mass is 296 g/mol. The van der Waals surface area contributed by atoms with E-state index in [-0.39, 0.29) is 5.69 Å². The molecule has 0 unspecified atom stereocenters. The molecular weight excluding hydrogens is 292 g/mol. The fourth-order valence-corrected chi connectivity index (χ4v) is 2.26. The maximum absolute atomic E-state index is 10.4. The van der Waals surface area contributed by atoms with Crippen molar-refractivity contribution in [1.82, 2.24) is 4.98 Å². The Morgan fingerprint density at radius 3 is 2.93 bits per heavy atom. The van der Waals surface area contributed by atoms with Gasteiger partial charge in [0, 0.05) is 17.7 Å². The predicted octanol–water partition coefficient (Wildman–Crippen LogP) is 3.08. The second-order valence-corrected chi connectivity index (χ2v) is 4.59. The highest BCUT2D eigenvalue weighted by atomic mass is 79.9. The molecule has 7 heteroatoms. The second-order valence-electron chi connectivity index (χ2n) is 2.28. The Kier molecular flexibility index (Phi) is 4.64. The number of aromatic nitrogens is 1. The molecule has 4 nitrogen and oxygen atoms in total. The summed E-state index contributed by atoms with van der Waals surface area (Å²) >= 11 is 10.2. The topological polar surface area (TPSA) is 56.0 Å². The molecule has 1 aromatic heterocycles. The maximum Gasteiger partial charge on any atom is 0.288 e. The standard InChI is InChI=1S/C7H6BrClN2O2S/c8-6-3-5(11(12)13)4-10-7(6)14-2-1-9/h3-4H,1-2H2. The van der Waals surface area contributed by atoms with E-state index in [0.717, 1.165) is 10.8 Å². The number of hydrogen-bond donors (Lipinski definition) is 0. The van der Waals surface area contributed by atoms with Gasteiger partial charge in [0.1, 0.15) is 11.2 Å². The first-order chi connectivity index (χ1) is 6.65. The Bertz CT molecular complexity index is 350. The van der Waals surface area contributed by atoms with Crippen LogP contribution >= 0.6 is 39.3 Å². The smallest absolute Gasteiger partial charge is 0.258 e. The van der Waals surface area contributed by atoms with Gasteiger partial charge in [0.05, 0.1) is 9.40 Å². The number of pyridine rings is 1. The zero-order valence-corrected chi connectivity index (χ0v) is 10.1. The number of hydrogen-bond acceptors (Lipinski definition) is 4. The van der Waals surface area contributed by atoms with Crippen LogP contribution in [0, 0.1) is 10.1 Å². The lowest BCUT2D eigenvalue weighted by atomic mass is 10.4. The highest BCUT2D eigenvalue weighted by Gasteiger charge is 2.10. The van der Waals surface area contributed by atoms with Gasteiger partial charge in [-0.2, -0.15) is 0 Å². The number of halogens is 2. The van der Waals surface area contributed by atoms with Gasteiger partial charge in [0.2, 0.25) is 0 Å². The molecule has 0 atom stereocenters. The zero-order chi connectivity index (χ0) is 10.6. The van der Waals surface area contributed by atoms with Crippen LogP contribution < -0.4 is 0 Å². The van der Waals surface area contributed by atoms with E-state index in [4.69, 9.17) is 11.6 Å². The first-order valence-corrected chi connectivity index (χ1v) is 5.95. The van der Waals surface area contributed by atoms with Gasteiger partial charge in [-0.05, 0) is 15.9 Å². The zero-order valence-electron chi connectivity index (χ0n) is 6.94. The van der Waals surface area contributed by atoms with Crippen LogP contribution in [0.3, 0.4) is 0 Å². The average Bonchev–Trinajstić information content (AvgIpc) is 2.15. The van der Waals surface area contributed by atoms with E-state index in [2.05, 4.69) is 20.9 Å². The fourth-order valence-electron chi connectivity index (χ4n) is 0.757. The van der Waals surface area contributed by atoms with Crippen molar-refractivity contribution in [3.05, 3.63) is 26.9 Å². The van der Waals surface area contributed by atoms with Gasteiger partial charge in [0.15, 0.2) is 0 Å². The van der Waals surface area contributed by atoms with Gasteiger partial charge < -0.3 is 0 Å². The van der Waals surface area contributed by atoms with Gasteiger partial charge in [-0.1, -0.05) is 0 Å². The lowest BCUT2D eigenvalue weighted by Crippen LogP contribution is -1.91. The molecule has 1 aromatic rings. The van der Waals surface area contributed by atoms with Crippen LogP contribution in [0.15, 0.2) is 21.8 Å². The fraction of sp³-hybridized carbons (Fsp3) is 0.286. The number of nitrogens with zero attached hydrogens (tertiary/aromatic N) is 2. The molecule has 0 aliphatic rings. The first-order valence-electron chi connectivity index (χ1n) is 3.64. The third kappa shape index (κ3) is 3.11. The molecule has 0 radical (unpaired) electrons. The summed E-state index contributed by atoms with van der Waals surface area (Å²) in [5.41, 5.74) is -0.0212.